The van der Waals surface area contributed by atoms with Crippen LogP contribution in [0.25, 0.3) is 0 Å². The van der Waals surface area contributed by atoms with Crippen molar-refractivity contribution >= 4 is 5.97 Å². The van der Waals surface area contributed by atoms with Crippen molar-refractivity contribution in [3.05, 3.63) is 0 Å². The first-order chi connectivity index (χ1) is 17.7. The zero-order valence-corrected chi connectivity index (χ0v) is 25.3. The first-order valence-electron chi connectivity index (χ1n) is 14.6. The van der Waals surface area contributed by atoms with E-state index in [-0.39, 0.29) is 6.10 Å². The van der Waals surface area contributed by atoms with Gasteiger partial charge in [0.05, 0.1) is 35.9 Å². The topological polar surface area (TPSA) is 138 Å². The largest absolute Gasteiger partial charge is 0.459 e. The van der Waals surface area contributed by atoms with Crippen LogP contribution in [0.2, 0.25) is 0 Å². The molecule has 11 atom stereocenters. The van der Waals surface area contributed by atoms with Crippen LogP contribution in [0.1, 0.15) is 100 Å². The van der Waals surface area contributed by atoms with Gasteiger partial charge >= 0.3 is 5.97 Å². The Balaban J connectivity index is 3.11. The molecule has 226 valence electrons. The summed E-state index contributed by atoms with van der Waals surface area (Å²) in [4.78, 5) is 13.1. The Hall–Kier alpha value is -0.810. The molecule has 9 heteroatoms. The molecule has 0 aromatic rings. The van der Waals surface area contributed by atoms with Crippen LogP contribution < -0.4 is 5.32 Å². The Morgan fingerprint density at radius 2 is 1.74 bits per heavy atom. The fraction of sp³-hybridized carbons (Fsp3) is 0.966. The number of aliphatic hydroxyl groups excluding tert-OH is 2. The minimum atomic E-state index is -1.62. The number of ether oxygens (including phenoxy) is 3. The fourth-order valence-corrected chi connectivity index (χ4v) is 5.66. The average molecular weight is 548 g/mol. The van der Waals surface area contributed by atoms with Crippen molar-refractivity contribution < 1.29 is 39.4 Å². The van der Waals surface area contributed by atoms with Crippen molar-refractivity contribution in [2.75, 3.05) is 13.6 Å². The van der Waals surface area contributed by atoms with Crippen LogP contribution in [-0.2, 0) is 19.0 Å². The molecule has 0 spiro atoms. The fourth-order valence-electron chi connectivity index (χ4n) is 5.66. The smallest absolute Gasteiger partial charge is 0.311 e. The standard InChI is InChI=1S/C29H57NO8/c1-10-21-16-18(4)36-24(17-21)38-26(28(7,34)14-13-15-30-9)19(5)25(32)20(6)27(33)37-23(12-3)29(8,35)22(31)11-2/h18-26,30-32,34-35H,10-17H2,1-9H3/t18?,19-,20?,21-,22-,23+,24?,25-,26+,28+,29-/m0/s1. The number of carbonyl (C=O) groups excluding carboxylic acids is 1. The second kappa shape index (κ2) is 15.8. The molecule has 3 unspecified atom stereocenters. The lowest BCUT2D eigenvalue weighted by Crippen LogP contribution is -2.54. The number of carbonyl (C=O) groups is 1. The zero-order valence-electron chi connectivity index (χ0n) is 25.3. The second-order valence-corrected chi connectivity index (χ2v) is 11.9. The summed E-state index contributed by atoms with van der Waals surface area (Å²) >= 11 is 0. The molecule has 0 bridgehead atoms. The van der Waals surface area contributed by atoms with Gasteiger partial charge in [0.2, 0.25) is 0 Å². The Labute approximate surface area is 230 Å². The average Bonchev–Trinajstić information content (AvgIpc) is 2.87. The Bertz CT molecular complexity index is 687. The van der Waals surface area contributed by atoms with Crippen molar-refractivity contribution in [1.29, 1.82) is 0 Å². The molecule has 0 saturated carbocycles. The van der Waals surface area contributed by atoms with Gasteiger partial charge in [-0.25, -0.2) is 0 Å². The zero-order chi connectivity index (χ0) is 29.3. The van der Waals surface area contributed by atoms with Crippen LogP contribution in [0.15, 0.2) is 0 Å². The molecule has 1 aliphatic heterocycles. The van der Waals surface area contributed by atoms with Crippen LogP contribution in [0.4, 0.5) is 0 Å². The normalized spacial score (nSPS) is 28.3. The third-order valence-corrected chi connectivity index (χ3v) is 8.42. The third-order valence-electron chi connectivity index (χ3n) is 8.42. The van der Waals surface area contributed by atoms with E-state index in [1.807, 2.05) is 14.0 Å². The summed E-state index contributed by atoms with van der Waals surface area (Å²) in [6.07, 6.45) is -0.0656. The van der Waals surface area contributed by atoms with Crippen LogP contribution in [0.5, 0.6) is 0 Å². The van der Waals surface area contributed by atoms with Gasteiger partial charge in [-0.15, -0.1) is 0 Å². The van der Waals surface area contributed by atoms with Crippen LogP contribution in [0.3, 0.4) is 0 Å². The van der Waals surface area contributed by atoms with E-state index in [0.717, 1.165) is 19.4 Å². The summed E-state index contributed by atoms with van der Waals surface area (Å²) in [6.45, 7) is 14.9. The highest BCUT2D eigenvalue weighted by molar-refractivity contribution is 5.73. The number of esters is 1. The SMILES string of the molecule is CC[C@H]1CC(C)OC(O[C@H]([C@@H](C)[C@H](O)C(C)C(=O)O[C@H](CC)[C@@](C)(O)[C@@H](O)CC)[C@](C)(O)CCCNC)C1. The minimum Gasteiger partial charge on any atom is -0.459 e. The van der Waals surface area contributed by atoms with E-state index in [4.69, 9.17) is 14.2 Å². The Morgan fingerprint density at radius 3 is 2.26 bits per heavy atom. The maximum absolute atomic E-state index is 13.1. The molecule has 0 aliphatic carbocycles. The van der Waals surface area contributed by atoms with Crippen LogP contribution in [0, 0.1) is 17.8 Å². The Morgan fingerprint density at radius 1 is 1.11 bits per heavy atom. The molecule has 0 aromatic heterocycles. The van der Waals surface area contributed by atoms with Crippen molar-refractivity contribution in [1.82, 2.24) is 5.32 Å². The van der Waals surface area contributed by atoms with E-state index in [9.17, 15) is 25.2 Å². The number of hydrogen-bond acceptors (Lipinski definition) is 9. The summed E-state index contributed by atoms with van der Waals surface area (Å²) in [5.41, 5.74) is -2.91. The third kappa shape index (κ3) is 9.68. The number of hydrogen-bond donors (Lipinski definition) is 5. The molecular formula is C29H57NO8. The molecule has 9 nitrogen and oxygen atoms in total. The van der Waals surface area contributed by atoms with Gasteiger partial charge in [0.15, 0.2) is 6.29 Å². The van der Waals surface area contributed by atoms with Crippen molar-refractivity contribution in [2.45, 2.75) is 148 Å². The van der Waals surface area contributed by atoms with Gasteiger partial charge in [0.1, 0.15) is 11.7 Å². The summed E-state index contributed by atoms with van der Waals surface area (Å²) < 4.78 is 18.1. The van der Waals surface area contributed by atoms with Crippen molar-refractivity contribution in [3.8, 4) is 0 Å². The van der Waals surface area contributed by atoms with E-state index >= 15 is 0 Å². The molecule has 0 aromatic carbocycles. The van der Waals surface area contributed by atoms with Gasteiger partial charge in [0, 0.05) is 12.3 Å². The predicted molar refractivity (Wildman–Crippen MR) is 147 cm³/mol. The van der Waals surface area contributed by atoms with Crippen molar-refractivity contribution in [2.24, 2.45) is 17.8 Å². The summed E-state index contributed by atoms with van der Waals surface area (Å²) in [5, 5.41) is 47.0. The van der Waals surface area contributed by atoms with E-state index in [1.54, 1.807) is 34.6 Å². The van der Waals surface area contributed by atoms with Gasteiger partial charge in [-0.05, 0) is 79.3 Å². The van der Waals surface area contributed by atoms with Gasteiger partial charge < -0.3 is 40.0 Å². The molecule has 0 amide bonds. The molecule has 5 N–H and O–H groups in total. The maximum atomic E-state index is 13.1. The quantitative estimate of drug-likeness (QED) is 0.137. The molecule has 1 rings (SSSR count). The van der Waals surface area contributed by atoms with E-state index in [0.29, 0.717) is 38.0 Å². The predicted octanol–water partition coefficient (Wildman–Crippen LogP) is 3.15. The summed E-state index contributed by atoms with van der Waals surface area (Å²) in [7, 11) is 1.85. The highest BCUT2D eigenvalue weighted by Gasteiger charge is 2.46. The highest BCUT2D eigenvalue weighted by Crippen LogP contribution is 2.35. The lowest BCUT2D eigenvalue weighted by molar-refractivity contribution is -0.266. The molecule has 1 aliphatic rings. The summed E-state index contributed by atoms with van der Waals surface area (Å²) in [5.74, 6) is -1.82. The molecule has 38 heavy (non-hydrogen) atoms. The number of rotatable bonds is 17. The van der Waals surface area contributed by atoms with Crippen LogP contribution >= 0.6 is 0 Å². The van der Waals surface area contributed by atoms with E-state index < -0.39 is 59.7 Å². The van der Waals surface area contributed by atoms with Gasteiger partial charge in [0.25, 0.3) is 0 Å². The van der Waals surface area contributed by atoms with Gasteiger partial charge in [-0.1, -0.05) is 34.1 Å². The minimum absolute atomic E-state index is 0.0277. The monoisotopic (exact) mass is 547 g/mol. The van der Waals surface area contributed by atoms with Gasteiger partial charge in [-0.3, -0.25) is 4.79 Å². The lowest BCUT2D eigenvalue weighted by Gasteiger charge is -2.43. The van der Waals surface area contributed by atoms with E-state index in [2.05, 4.69) is 12.2 Å². The molecular weight excluding hydrogens is 490 g/mol. The van der Waals surface area contributed by atoms with Crippen molar-refractivity contribution in [3.63, 3.8) is 0 Å². The molecule has 1 heterocycles. The second-order valence-electron chi connectivity index (χ2n) is 11.9. The van der Waals surface area contributed by atoms with E-state index in [1.165, 1.54) is 6.92 Å². The first kappa shape index (κ1) is 35.2. The first-order valence-corrected chi connectivity index (χ1v) is 14.6. The maximum Gasteiger partial charge on any atom is 0.311 e. The summed E-state index contributed by atoms with van der Waals surface area (Å²) in [6, 6.07) is 0. The number of nitrogens with one attached hydrogen (secondary N) is 1. The van der Waals surface area contributed by atoms with Crippen LogP contribution in [-0.4, -0.2) is 88.0 Å². The van der Waals surface area contributed by atoms with Gasteiger partial charge in [-0.2, -0.15) is 0 Å². The number of aliphatic hydroxyl groups is 4. The molecule has 0 radical (unpaired) electrons. The lowest BCUT2D eigenvalue weighted by atomic mass is 9.79. The Kier molecular flexibility index (Phi) is 14.7. The molecule has 1 saturated heterocycles. The molecule has 1 fully saturated rings. The highest BCUT2D eigenvalue weighted by atomic mass is 16.7.